The van der Waals surface area contributed by atoms with Crippen molar-refractivity contribution in [3.8, 4) is 0 Å². The number of carbonyl (C=O) groups excluding carboxylic acids is 2. The molecule has 0 spiro atoms. The summed E-state index contributed by atoms with van der Waals surface area (Å²) < 4.78 is 9.25. The van der Waals surface area contributed by atoms with Gasteiger partial charge in [-0.25, -0.2) is 15.2 Å². The lowest BCUT2D eigenvalue weighted by molar-refractivity contribution is -0.140. The van der Waals surface area contributed by atoms with Gasteiger partial charge in [0.2, 0.25) is 5.96 Å². The Morgan fingerprint density at radius 1 is 1.17 bits per heavy atom. The van der Waals surface area contributed by atoms with Crippen molar-refractivity contribution in [2.45, 2.75) is 12.5 Å². The summed E-state index contributed by atoms with van der Waals surface area (Å²) in [6.45, 7) is 0. The molecule has 2 N–H and O–H groups in total. The van der Waals surface area contributed by atoms with Crippen LogP contribution in [-0.2, 0) is 19.1 Å². The standard InChI is InChI=1S/C20H19ClN4O4/c1-28-17(26)11-16(19(27)29-2)24-25-20-22-15-9-8-13(21)10-14(15)18(23-20)12-6-4-3-5-7-12/h3-10,18H,11H2,1-2H3,(H2,22,23,25)/b24-16-. The molecule has 2 aromatic rings. The fraction of sp³-hybridized carbons (Fsp3) is 0.200. The number of nitrogens with zero attached hydrogens (tertiary/aromatic N) is 2. The average Bonchev–Trinajstić information content (AvgIpc) is 2.76. The van der Waals surface area contributed by atoms with E-state index in [0.29, 0.717) is 11.0 Å². The Labute approximate surface area is 172 Å². The van der Waals surface area contributed by atoms with E-state index in [9.17, 15) is 9.59 Å². The van der Waals surface area contributed by atoms with E-state index in [0.717, 1.165) is 16.8 Å². The Morgan fingerprint density at radius 2 is 1.93 bits per heavy atom. The molecule has 150 valence electrons. The highest BCUT2D eigenvalue weighted by Crippen LogP contribution is 2.36. The monoisotopic (exact) mass is 414 g/mol. The zero-order valence-electron chi connectivity index (χ0n) is 15.8. The van der Waals surface area contributed by atoms with Crippen molar-refractivity contribution in [2.24, 2.45) is 10.1 Å². The molecule has 0 radical (unpaired) electrons. The molecule has 29 heavy (non-hydrogen) atoms. The summed E-state index contributed by atoms with van der Waals surface area (Å²) in [4.78, 5) is 28.1. The number of nitrogens with one attached hydrogen (secondary N) is 2. The SMILES string of the molecule is COC(=O)C/C(=N/NC1=NC(c2ccccc2)c2cc(Cl)ccc2N1)C(=O)OC. The largest absolute Gasteiger partial charge is 0.469 e. The molecule has 0 amide bonds. The summed E-state index contributed by atoms with van der Waals surface area (Å²) in [6.07, 6.45) is -0.336. The van der Waals surface area contributed by atoms with Crippen LogP contribution in [-0.4, -0.2) is 37.8 Å². The van der Waals surface area contributed by atoms with E-state index >= 15 is 0 Å². The Bertz CT molecular complexity index is 976. The van der Waals surface area contributed by atoms with E-state index in [4.69, 9.17) is 11.6 Å². The van der Waals surface area contributed by atoms with E-state index in [1.54, 1.807) is 6.07 Å². The maximum atomic E-state index is 11.9. The molecule has 2 aromatic carbocycles. The highest BCUT2D eigenvalue weighted by atomic mass is 35.5. The number of hydrogen-bond acceptors (Lipinski definition) is 8. The van der Waals surface area contributed by atoms with Crippen LogP contribution < -0.4 is 10.7 Å². The van der Waals surface area contributed by atoms with Crippen LogP contribution >= 0.6 is 11.6 Å². The van der Waals surface area contributed by atoms with E-state index < -0.39 is 11.9 Å². The second kappa shape index (κ2) is 9.20. The van der Waals surface area contributed by atoms with Gasteiger partial charge in [0, 0.05) is 16.3 Å². The number of esters is 2. The van der Waals surface area contributed by atoms with Gasteiger partial charge in [0.25, 0.3) is 0 Å². The van der Waals surface area contributed by atoms with Gasteiger partial charge in [-0.05, 0) is 23.8 Å². The summed E-state index contributed by atoms with van der Waals surface area (Å²) in [7, 11) is 2.43. The van der Waals surface area contributed by atoms with Crippen LogP contribution in [0.3, 0.4) is 0 Å². The minimum Gasteiger partial charge on any atom is -0.469 e. The summed E-state index contributed by atoms with van der Waals surface area (Å²) in [5, 5.41) is 7.70. The predicted octanol–water partition coefficient (Wildman–Crippen LogP) is 2.89. The van der Waals surface area contributed by atoms with Gasteiger partial charge in [-0.3, -0.25) is 4.79 Å². The summed E-state index contributed by atoms with van der Waals surface area (Å²) >= 11 is 6.17. The van der Waals surface area contributed by atoms with Gasteiger partial charge in [-0.1, -0.05) is 41.9 Å². The number of carbonyl (C=O) groups is 2. The number of hydrazone groups is 1. The van der Waals surface area contributed by atoms with E-state index in [1.165, 1.54) is 14.2 Å². The second-order valence-electron chi connectivity index (χ2n) is 6.06. The maximum absolute atomic E-state index is 11.9. The van der Waals surface area contributed by atoms with Crippen molar-refractivity contribution < 1.29 is 19.1 Å². The lowest BCUT2D eigenvalue weighted by atomic mass is 9.96. The molecular formula is C20H19ClN4O4. The molecule has 0 aromatic heterocycles. The number of anilines is 1. The van der Waals surface area contributed by atoms with Crippen molar-refractivity contribution in [1.82, 2.24) is 5.43 Å². The minimum atomic E-state index is -0.744. The first-order valence-electron chi connectivity index (χ1n) is 8.68. The zero-order valence-corrected chi connectivity index (χ0v) is 16.6. The van der Waals surface area contributed by atoms with Crippen molar-refractivity contribution in [3.63, 3.8) is 0 Å². The molecule has 8 nitrogen and oxygen atoms in total. The van der Waals surface area contributed by atoms with Crippen LogP contribution in [0.1, 0.15) is 23.6 Å². The number of guanidine groups is 1. The van der Waals surface area contributed by atoms with Gasteiger partial charge >= 0.3 is 11.9 Å². The fourth-order valence-corrected chi connectivity index (χ4v) is 2.96. The third kappa shape index (κ3) is 4.91. The molecule has 1 unspecified atom stereocenters. The molecule has 1 aliphatic heterocycles. The highest BCUT2D eigenvalue weighted by Gasteiger charge is 2.24. The predicted molar refractivity (Wildman–Crippen MR) is 110 cm³/mol. The van der Waals surface area contributed by atoms with Gasteiger partial charge < -0.3 is 14.8 Å². The third-order valence-electron chi connectivity index (χ3n) is 4.19. The number of hydrogen-bond donors (Lipinski definition) is 2. The number of rotatable bonds is 5. The summed E-state index contributed by atoms with van der Waals surface area (Å²) in [5.74, 6) is -1.05. The number of fused-ring (bicyclic) bond motifs is 1. The number of benzene rings is 2. The highest BCUT2D eigenvalue weighted by molar-refractivity contribution is 6.39. The molecule has 0 saturated carbocycles. The molecule has 1 aliphatic rings. The Morgan fingerprint density at radius 3 is 2.62 bits per heavy atom. The third-order valence-corrected chi connectivity index (χ3v) is 4.43. The first kappa shape index (κ1) is 20.3. The molecule has 0 saturated heterocycles. The topological polar surface area (TPSA) is 101 Å². The number of aliphatic imine (C=N–C) groups is 1. The number of methoxy groups -OCH3 is 2. The van der Waals surface area contributed by atoms with Crippen LogP contribution in [0.15, 0.2) is 58.6 Å². The fourth-order valence-electron chi connectivity index (χ4n) is 2.78. The first-order valence-corrected chi connectivity index (χ1v) is 9.06. The average molecular weight is 415 g/mol. The van der Waals surface area contributed by atoms with Gasteiger partial charge in [-0.2, -0.15) is 5.10 Å². The number of ether oxygens (including phenoxy) is 2. The Balaban J connectivity index is 1.93. The van der Waals surface area contributed by atoms with Crippen LogP contribution in [0, 0.1) is 0 Å². The lowest BCUT2D eigenvalue weighted by Crippen LogP contribution is -2.33. The van der Waals surface area contributed by atoms with E-state index in [-0.39, 0.29) is 18.2 Å². The van der Waals surface area contributed by atoms with Crippen molar-refractivity contribution in [2.75, 3.05) is 19.5 Å². The van der Waals surface area contributed by atoms with Crippen LogP contribution in [0.4, 0.5) is 5.69 Å². The van der Waals surface area contributed by atoms with Crippen molar-refractivity contribution in [3.05, 3.63) is 64.7 Å². The molecule has 9 heteroatoms. The molecule has 0 aliphatic carbocycles. The van der Waals surface area contributed by atoms with Crippen LogP contribution in [0.2, 0.25) is 5.02 Å². The summed E-state index contributed by atoms with van der Waals surface area (Å²) in [5.41, 5.74) is 5.23. The molecule has 0 bridgehead atoms. The lowest BCUT2D eigenvalue weighted by Gasteiger charge is -2.25. The van der Waals surface area contributed by atoms with Crippen LogP contribution in [0.5, 0.6) is 0 Å². The molecule has 1 heterocycles. The molecule has 3 rings (SSSR count). The van der Waals surface area contributed by atoms with Crippen molar-refractivity contribution in [1.29, 1.82) is 0 Å². The van der Waals surface area contributed by atoms with Crippen molar-refractivity contribution >= 4 is 40.9 Å². The number of halogens is 1. The van der Waals surface area contributed by atoms with Gasteiger partial charge in [-0.15, -0.1) is 0 Å². The molecular weight excluding hydrogens is 396 g/mol. The minimum absolute atomic E-state index is 0.137. The second-order valence-corrected chi connectivity index (χ2v) is 6.50. The normalized spacial score (nSPS) is 15.5. The molecule has 0 fully saturated rings. The van der Waals surface area contributed by atoms with Crippen LogP contribution in [0.25, 0.3) is 0 Å². The maximum Gasteiger partial charge on any atom is 0.354 e. The van der Waals surface area contributed by atoms with E-state index in [1.807, 2.05) is 42.5 Å². The summed E-state index contributed by atoms with van der Waals surface area (Å²) in [6, 6.07) is 14.8. The van der Waals surface area contributed by atoms with Gasteiger partial charge in [0.05, 0.1) is 20.6 Å². The van der Waals surface area contributed by atoms with E-state index in [2.05, 4.69) is 30.3 Å². The first-order chi connectivity index (χ1) is 14.0. The van der Waals surface area contributed by atoms with Gasteiger partial charge in [0.1, 0.15) is 6.04 Å². The Kier molecular flexibility index (Phi) is 6.46. The quantitative estimate of drug-likeness (QED) is 0.443. The van der Waals surface area contributed by atoms with Gasteiger partial charge in [0.15, 0.2) is 5.71 Å². The molecule has 1 atom stereocenters. The zero-order chi connectivity index (χ0) is 20.8. The Hall–Kier alpha value is -3.39. The smallest absolute Gasteiger partial charge is 0.354 e.